The summed E-state index contributed by atoms with van der Waals surface area (Å²) in [5.41, 5.74) is 0. The van der Waals surface area contributed by atoms with Crippen molar-refractivity contribution in [2.45, 2.75) is 13.3 Å². The first-order valence-corrected chi connectivity index (χ1v) is 2.16. The summed E-state index contributed by atoms with van der Waals surface area (Å²) in [6, 6.07) is 0. The van der Waals surface area contributed by atoms with Crippen molar-refractivity contribution >= 4 is 0 Å². The van der Waals surface area contributed by atoms with E-state index in [-0.39, 0.29) is 63.2 Å². The zero-order valence-electron chi connectivity index (χ0n) is 5.50. The molecule has 0 radical (unpaired) electrons. The fraction of sp³-hybridized carbons (Fsp3) is 0.600. The molecule has 0 aliphatic carbocycles. The molecule has 0 aromatic carbocycles. The molecule has 0 rings (SSSR count). The number of hydrogen-bond acceptors (Lipinski definition) is 1. The maximum atomic E-state index is 3.55. The second kappa shape index (κ2) is 16.5. The largest absolute Gasteiger partial charge is 0.611 e. The van der Waals surface area contributed by atoms with E-state index in [1.807, 2.05) is 0 Å². The van der Waals surface area contributed by atoms with Crippen LogP contribution in [0.3, 0.4) is 0 Å². The fourth-order valence-corrected chi connectivity index (χ4v) is 0.316. The summed E-state index contributed by atoms with van der Waals surface area (Å²) in [6.07, 6.45) is 1.13. The predicted octanol–water partition coefficient (Wildman–Crippen LogP) is 1.27. The van der Waals surface area contributed by atoms with Crippen molar-refractivity contribution in [3.05, 3.63) is 14.1 Å². The van der Waals surface area contributed by atoms with Gasteiger partial charge in [-0.15, -0.1) is 0 Å². The van der Waals surface area contributed by atoms with Crippen molar-refractivity contribution in [3.63, 3.8) is 0 Å². The standard InChI is InChI=1S/C5H11N.3W/c1-4-5-6(2)3;;;/h2-5H2,1H3;;;/q-2;;;. The minimum Gasteiger partial charge on any atom is -0.611 e. The van der Waals surface area contributed by atoms with Gasteiger partial charge in [-0.1, -0.05) is 13.5 Å². The summed E-state index contributed by atoms with van der Waals surface area (Å²) in [6.45, 7) is 3.09. The van der Waals surface area contributed by atoms with Crippen LogP contribution in [-0.4, -0.2) is 11.4 Å². The molecule has 1 nitrogen and oxygen atoms in total. The third-order valence-corrected chi connectivity index (χ3v) is 0.540. The van der Waals surface area contributed by atoms with Crippen molar-refractivity contribution in [1.82, 2.24) is 4.90 Å². The van der Waals surface area contributed by atoms with Crippen LogP contribution >= 0.6 is 0 Å². The second-order valence-electron chi connectivity index (χ2n) is 1.39. The van der Waals surface area contributed by atoms with Gasteiger partial charge in [0.05, 0.1) is 0 Å². The molecule has 0 aliphatic heterocycles. The molecule has 0 N–H and O–H groups in total. The Bertz CT molecular complexity index is 33.4. The Morgan fingerprint density at radius 3 is 1.44 bits per heavy atom. The molecule has 0 aliphatic rings. The Morgan fingerprint density at radius 2 is 1.44 bits per heavy atom. The van der Waals surface area contributed by atoms with Crippen molar-refractivity contribution in [2.75, 3.05) is 6.54 Å². The average Bonchev–Trinajstić information content (AvgIpc) is 1.35. The maximum absolute atomic E-state index is 3.55. The van der Waals surface area contributed by atoms with E-state index in [0.29, 0.717) is 0 Å². The van der Waals surface area contributed by atoms with Gasteiger partial charge in [-0.05, 0) is 6.42 Å². The van der Waals surface area contributed by atoms with E-state index in [4.69, 9.17) is 0 Å². The zero-order valence-corrected chi connectivity index (χ0v) is 14.3. The second-order valence-corrected chi connectivity index (χ2v) is 1.39. The van der Waals surface area contributed by atoms with Crippen LogP contribution in [0.1, 0.15) is 13.3 Å². The van der Waals surface area contributed by atoms with Crippen molar-refractivity contribution < 1.29 is 63.2 Å². The van der Waals surface area contributed by atoms with E-state index in [0.717, 1.165) is 13.0 Å². The molecule has 0 fully saturated rings. The Labute approximate surface area is 101 Å². The third kappa shape index (κ3) is 25.6. The molecule has 0 bridgehead atoms. The molecule has 0 amide bonds. The summed E-state index contributed by atoms with van der Waals surface area (Å²) < 4.78 is 0. The van der Waals surface area contributed by atoms with Crippen molar-refractivity contribution in [1.29, 1.82) is 0 Å². The monoisotopic (exact) mass is 637 g/mol. The van der Waals surface area contributed by atoms with Crippen LogP contribution in [0.4, 0.5) is 0 Å². The molecule has 0 aromatic rings. The van der Waals surface area contributed by atoms with Crippen LogP contribution in [0.2, 0.25) is 0 Å². The number of nitrogens with zero attached hydrogens (tertiary/aromatic N) is 1. The van der Waals surface area contributed by atoms with E-state index in [1.54, 1.807) is 4.90 Å². The summed E-state index contributed by atoms with van der Waals surface area (Å²) in [4.78, 5) is 1.68. The van der Waals surface area contributed by atoms with E-state index in [9.17, 15) is 0 Å². The molecule has 0 atom stereocenters. The maximum Gasteiger partial charge on any atom is 0 e. The summed E-state index contributed by atoms with van der Waals surface area (Å²) in [5, 5.41) is 0. The molecule has 0 heterocycles. The predicted molar refractivity (Wildman–Crippen MR) is 27.7 cm³/mol. The molecule has 0 spiro atoms. The Balaban J connectivity index is -0.0000000417. The first-order valence-electron chi connectivity index (χ1n) is 2.16. The third-order valence-electron chi connectivity index (χ3n) is 0.540. The van der Waals surface area contributed by atoms with E-state index in [1.165, 1.54) is 0 Å². The Kier molecular flexibility index (Phi) is 41.3. The minimum atomic E-state index is 0. The fourth-order valence-electron chi connectivity index (χ4n) is 0.316. The molecular formula is C5H11NW3-2. The Hall–Kier alpha value is 2.02. The normalized spacial score (nSPS) is 6.67. The van der Waals surface area contributed by atoms with Gasteiger partial charge in [0.1, 0.15) is 0 Å². The van der Waals surface area contributed by atoms with E-state index < -0.39 is 0 Å². The van der Waals surface area contributed by atoms with Gasteiger partial charge in [0.2, 0.25) is 0 Å². The SMILES string of the molecule is [CH2-]N([CH2-])CCC.[W].[W].[W]. The van der Waals surface area contributed by atoms with Gasteiger partial charge in [-0.2, -0.15) is 0 Å². The van der Waals surface area contributed by atoms with Gasteiger partial charge in [0, 0.05) is 63.2 Å². The van der Waals surface area contributed by atoms with E-state index in [2.05, 4.69) is 21.0 Å². The van der Waals surface area contributed by atoms with Gasteiger partial charge < -0.3 is 19.0 Å². The summed E-state index contributed by atoms with van der Waals surface area (Å²) in [5.74, 6) is 0. The van der Waals surface area contributed by atoms with Crippen molar-refractivity contribution in [3.8, 4) is 0 Å². The van der Waals surface area contributed by atoms with Crippen LogP contribution in [0.15, 0.2) is 0 Å². The van der Waals surface area contributed by atoms with Crippen LogP contribution in [0.25, 0.3) is 0 Å². The molecule has 0 saturated heterocycles. The van der Waals surface area contributed by atoms with Gasteiger partial charge in [-0.25, -0.2) is 0 Å². The molecule has 56 valence electrons. The van der Waals surface area contributed by atoms with E-state index >= 15 is 0 Å². The molecule has 9 heavy (non-hydrogen) atoms. The molecule has 0 unspecified atom stereocenters. The number of rotatable bonds is 2. The van der Waals surface area contributed by atoms with Gasteiger partial charge in [0.25, 0.3) is 0 Å². The molecule has 4 heteroatoms. The van der Waals surface area contributed by atoms with Crippen LogP contribution in [-0.2, 0) is 63.2 Å². The molecule has 0 saturated carbocycles. The van der Waals surface area contributed by atoms with Gasteiger partial charge >= 0.3 is 0 Å². The Morgan fingerprint density at radius 1 is 1.11 bits per heavy atom. The van der Waals surface area contributed by atoms with Crippen LogP contribution < -0.4 is 0 Å². The zero-order chi connectivity index (χ0) is 4.99. The van der Waals surface area contributed by atoms with Crippen LogP contribution in [0.5, 0.6) is 0 Å². The van der Waals surface area contributed by atoms with Crippen LogP contribution in [0, 0.1) is 14.1 Å². The molecule has 0 aromatic heterocycles. The van der Waals surface area contributed by atoms with Crippen molar-refractivity contribution in [2.24, 2.45) is 0 Å². The first-order chi connectivity index (χ1) is 2.77. The average molecular weight is 637 g/mol. The van der Waals surface area contributed by atoms with Gasteiger partial charge in [0.15, 0.2) is 0 Å². The quantitative estimate of drug-likeness (QED) is 0.414. The minimum absolute atomic E-state index is 0. The topological polar surface area (TPSA) is 3.24 Å². The first kappa shape index (κ1) is 22.5. The summed E-state index contributed by atoms with van der Waals surface area (Å²) >= 11 is 0. The van der Waals surface area contributed by atoms with Gasteiger partial charge in [-0.3, -0.25) is 0 Å². The number of hydrogen-bond donors (Lipinski definition) is 0. The molecular weight excluding hydrogens is 626 g/mol. The smallest absolute Gasteiger partial charge is 0 e. The summed E-state index contributed by atoms with van der Waals surface area (Å²) in [7, 11) is 7.10.